The van der Waals surface area contributed by atoms with Crippen LogP contribution in [0.15, 0.2) is 59.7 Å². The van der Waals surface area contributed by atoms with Gasteiger partial charge in [-0.25, -0.2) is 0 Å². The van der Waals surface area contributed by atoms with Crippen molar-refractivity contribution in [1.82, 2.24) is 0 Å². The highest BCUT2D eigenvalue weighted by molar-refractivity contribution is 5.96. The van der Waals surface area contributed by atoms with Crippen molar-refractivity contribution < 1.29 is 4.42 Å². The molecule has 0 radical (unpaired) electrons. The van der Waals surface area contributed by atoms with Gasteiger partial charge in [-0.05, 0) is 29.7 Å². The van der Waals surface area contributed by atoms with Gasteiger partial charge in [0.2, 0.25) is 0 Å². The summed E-state index contributed by atoms with van der Waals surface area (Å²) < 4.78 is 5.65. The van der Waals surface area contributed by atoms with Crippen LogP contribution in [-0.2, 0) is 0 Å². The van der Waals surface area contributed by atoms with E-state index in [4.69, 9.17) is 4.42 Å². The van der Waals surface area contributed by atoms with E-state index in [9.17, 15) is 0 Å². The minimum atomic E-state index is 0.934. The van der Waals surface area contributed by atoms with Crippen LogP contribution >= 0.6 is 0 Å². The summed E-state index contributed by atoms with van der Waals surface area (Å²) in [5, 5.41) is 1.15. The fourth-order valence-corrected chi connectivity index (χ4v) is 2.26. The van der Waals surface area contributed by atoms with E-state index in [2.05, 4.69) is 43.8 Å². The van der Waals surface area contributed by atoms with Gasteiger partial charge in [-0.1, -0.05) is 49.1 Å². The Bertz CT molecular complexity index is 719. The summed E-state index contributed by atoms with van der Waals surface area (Å²) in [7, 11) is 0. The highest BCUT2D eigenvalue weighted by Crippen LogP contribution is 2.33. The van der Waals surface area contributed by atoms with Gasteiger partial charge in [0.05, 0.1) is 6.26 Å². The Morgan fingerprint density at radius 2 is 1.89 bits per heavy atom. The van der Waals surface area contributed by atoms with Crippen LogP contribution in [0.3, 0.4) is 0 Å². The Kier molecular flexibility index (Phi) is 2.52. The second-order valence-electron chi connectivity index (χ2n) is 4.44. The molecule has 88 valence electrons. The predicted octanol–water partition coefficient (Wildman–Crippen LogP) is 5.05. The number of aryl methyl sites for hydroxylation is 1. The van der Waals surface area contributed by atoms with Crippen molar-refractivity contribution in [3.05, 3.63) is 66.4 Å². The lowest BCUT2D eigenvalue weighted by Crippen LogP contribution is -1.81. The molecule has 1 heteroatoms. The fourth-order valence-electron chi connectivity index (χ4n) is 2.26. The molecular weight excluding hydrogens is 220 g/mol. The van der Waals surface area contributed by atoms with Gasteiger partial charge in [0, 0.05) is 10.9 Å². The highest BCUT2D eigenvalue weighted by atomic mass is 16.3. The summed E-state index contributed by atoms with van der Waals surface area (Å²) >= 11 is 0. The van der Waals surface area contributed by atoms with Gasteiger partial charge in [-0.2, -0.15) is 0 Å². The maximum absolute atomic E-state index is 5.65. The smallest absolute Gasteiger partial charge is 0.134 e. The molecule has 2 aromatic carbocycles. The maximum Gasteiger partial charge on any atom is 0.134 e. The Morgan fingerprint density at radius 3 is 2.72 bits per heavy atom. The topological polar surface area (TPSA) is 13.1 Å². The molecule has 0 N–H and O–H groups in total. The van der Waals surface area contributed by atoms with Crippen molar-refractivity contribution >= 4 is 17.0 Å². The molecule has 1 aromatic heterocycles. The molecule has 0 atom stereocenters. The van der Waals surface area contributed by atoms with Gasteiger partial charge >= 0.3 is 0 Å². The number of rotatable bonds is 2. The fraction of sp³-hybridized carbons (Fsp3) is 0.0588. The molecule has 0 bridgehead atoms. The Balaban J connectivity index is 2.29. The third-order valence-corrected chi connectivity index (χ3v) is 3.20. The normalized spacial score (nSPS) is 10.7. The van der Waals surface area contributed by atoms with Crippen molar-refractivity contribution in [3.63, 3.8) is 0 Å². The predicted molar refractivity (Wildman–Crippen MR) is 76.5 cm³/mol. The monoisotopic (exact) mass is 234 g/mol. The minimum Gasteiger partial charge on any atom is -0.464 e. The minimum absolute atomic E-state index is 0.934. The molecule has 3 rings (SSSR count). The largest absolute Gasteiger partial charge is 0.464 e. The molecule has 0 aliphatic carbocycles. The zero-order valence-corrected chi connectivity index (χ0v) is 10.3. The lowest BCUT2D eigenvalue weighted by atomic mass is 9.99. The zero-order chi connectivity index (χ0) is 12.5. The summed E-state index contributed by atoms with van der Waals surface area (Å²) in [5.74, 6) is 0. The van der Waals surface area contributed by atoms with Crippen LogP contribution in [0.1, 0.15) is 11.1 Å². The van der Waals surface area contributed by atoms with Gasteiger partial charge in [0.15, 0.2) is 0 Å². The maximum atomic E-state index is 5.65. The SMILES string of the molecule is C=Cc1ccccc1-c1coc2cc(C)ccc12. The molecule has 0 amide bonds. The van der Waals surface area contributed by atoms with E-state index in [0.717, 1.165) is 27.7 Å². The van der Waals surface area contributed by atoms with Crippen LogP contribution < -0.4 is 0 Å². The molecule has 0 spiro atoms. The molecule has 0 aliphatic heterocycles. The van der Waals surface area contributed by atoms with Crippen molar-refractivity contribution in [1.29, 1.82) is 0 Å². The molecule has 0 saturated carbocycles. The third-order valence-electron chi connectivity index (χ3n) is 3.20. The number of benzene rings is 2. The van der Waals surface area contributed by atoms with Crippen molar-refractivity contribution in [2.45, 2.75) is 6.92 Å². The first-order valence-corrected chi connectivity index (χ1v) is 5.99. The molecular formula is C17H14O. The molecule has 1 heterocycles. The van der Waals surface area contributed by atoms with Crippen LogP contribution in [0, 0.1) is 6.92 Å². The lowest BCUT2D eigenvalue weighted by Gasteiger charge is -2.03. The first-order valence-electron chi connectivity index (χ1n) is 5.99. The Morgan fingerprint density at radius 1 is 1.06 bits per heavy atom. The van der Waals surface area contributed by atoms with E-state index in [1.807, 2.05) is 24.5 Å². The Hall–Kier alpha value is -2.28. The van der Waals surface area contributed by atoms with Crippen LogP contribution in [0.5, 0.6) is 0 Å². The van der Waals surface area contributed by atoms with Crippen LogP contribution in [0.4, 0.5) is 0 Å². The number of hydrogen-bond acceptors (Lipinski definition) is 1. The summed E-state index contributed by atoms with van der Waals surface area (Å²) in [5.41, 5.74) is 5.56. The summed E-state index contributed by atoms with van der Waals surface area (Å²) in [4.78, 5) is 0. The van der Waals surface area contributed by atoms with Crippen molar-refractivity contribution in [2.75, 3.05) is 0 Å². The molecule has 0 unspecified atom stereocenters. The van der Waals surface area contributed by atoms with Gasteiger partial charge in [0.1, 0.15) is 5.58 Å². The second-order valence-corrected chi connectivity index (χ2v) is 4.44. The van der Waals surface area contributed by atoms with Crippen LogP contribution in [-0.4, -0.2) is 0 Å². The summed E-state index contributed by atoms with van der Waals surface area (Å²) in [6.45, 7) is 5.93. The summed E-state index contributed by atoms with van der Waals surface area (Å²) in [6, 6.07) is 14.5. The van der Waals surface area contributed by atoms with Crippen molar-refractivity contribution in [2.24, 2.45) is 0 Å². The number of furan rings is 1. The average Bonchev–Trinajstić information content (AvgIpc) is 2.81. The van der Waals surface area contributed by atoms with E-state index in [0.29, 0.717) is 0 Å². The number of fused-ring (bicyclic) bond motifs is 1. The zero-order valence-electron chi connectivity index (χ0n) is 10.3. The van der Waals surface area contributed by atoms with E-state index in [-0.39, 0.29) is 0 Å². The molecule has 1 nitrogen and oxygen atoms in total. The van der Waals surface area contributed by atoms with Crippen molar-refractivity contribution in [3.8, 4) is 11.1 Å². The quantitative estimate of drug-likeness (QED) is 0.604. The molecule has 0 fully saturated rings. The van der Waals surface area contributed by atoms with E-state index < -0.39 is 0 Å². The lowest BCUT2D eigenvalue weighted by molar-refractivity contribution is 0.616. The molecule has 3 aromatic rings. The van der Waals surface area contributed by atoms with Gasteiger partial charge in [-0.3, -0.25) is 0 Å². The van der Waals surface area contributed by atoms with E-state index in [1.165, 1.54) is 5.56 Å². The number of hydrogen-bond donors (Lipinski definition) is 0. The second kappa shape index (κ2) is 4.19. The van der Waals surface area contributed by atoms with Crippen LogP contribution in [0.25, 0.3) is 28.2 Å². The van der Waals surface area contributed by atoms with Crippen LogP contribution in [0.2, 0.25) is 0 Å². The van der Waals surface area contributed by atoms with Gasteiger partial charge in [0.25, 0.3) is 0 Å². The third kappa shape index (κ3) is 1.65. The highest BCUT2D eigenvalue weighted by Gasteiger charge is 2.10. The average molecular weight is 234 g/mol. The van der Waals surface area contributed by atoms with E-state index in [1.54, 1.807) is 0 Å². The first kappa shape index (κ1) is 10.8. The Labute approximate surface area is 106 Å². The van der Waals surface area contributed by atoms with Gasteiger partial charge < -0.3 is 4.42 Å². The summed E-state index contributed by atoms with van der Waals surface area (Å²) in [6.07, 6.45) is 3.70. The first-order chi connectivity index (χ1) is 8.79. The molecule has 18 heavy (non-hydrogen) atoms. The molecule has 0 saturated heterocycles. The van der Waals surface area contributed by atoms with Gasteiger partial charge in [-0.15, -0.1) is 0 Å². The molecule has 0 aliphatic rings. The van der Waals surface area contributed by atoms with E-state index >= 15 is 0 Å². The standard InChI is InChI=1S/C17H14O/c1-3-13-6-4-5-7-14(13)16-11-18-17-10-12(2)8-9-15(16)17/h3-11H,1H2,2H3.